The summed E-state index contributed by atoms with van der Waals surface area (Å²) in [4.78, 5) is 39.0. The lowest BCUT2D eigenvalue weighted by Crippen LogP contribution is -2.46. The Hall–Kier alpha value is -2.95. The SMILES string of the molecule is Cc1ccc2c(c1)[C@](CCC=O)(c1ccccc1)C(=O)N2C(=O)OC(C)(C)C. The Labute approximate surface area is 165 Å². The molecule has 2 aromatic rings. The van der Waals surface area contributed by atoms with Crippen LogP contribution in [0.1, 0.15) is 50.3 Å². The molecule has 0 saturated carbocycles. The minimum Gasteiger partial charge on any atom is -0.443 e. The summed E-state index contributed by atoms with van der Waals surface area (Å²) in [6.45, 7) is 7.23. The molecule has 0 fully saturated rings. The topological polar surface area (TPSA) is 63.7 Å². The number of hydrogen-bond donors (Lipinski definition) is 0. The van der Waals surface area contributed by atoms with Gasteiger partial charge >= 0.3 is 6.09 Å². The average molecular weight is 379 g/mol. The lowest BCUT2D eigenvalue weighted by atomic mass is 9.72. The molecule has 0 unspecified atom stereocenters. The molecule has 1 atom stereocenters. The first-order valence-corrected chi connectivity index (χ1v) is 9.38. The van der Waals surface area contributed by atoms with Crippen molar-refractivity contribution in [1.29, 1.82) is 0 Å². The summed E-state index contributed by atoms with van der Waals surface area (Å²) in [6.07, 6.45) is 0.598. The molecular weight excluding hydrogens is 354 g/mol. The second kappa shape index (κ2) is 7.23. The van der Waals surface area contributed by atoms with Gasteiger partial charge in [-0.1, -0.05) is 48.0 Å². The zero-order valence-corrected chi connectivity index (χ0v) is 16.7. The normalized spacial score (nSPS) is 18.7. The number of ether oxygens (including phenoxy) is 1. The van der Waals surface area contributed by atoms with E-state index in [1.165, 1.54) is 0 Å². The van der Waals surface area contributed by atoms with Gasteiger partial charge in [0, 0.05) is 6.42 Å². The van der Waals surface area contributed by atoms with Crippen LogP contribution in [0.15, 0.2) is 48.5 Å². The van der Waals surface area contributed by atoms with Crippen LogP contribution in [-0.2, 0) is 19.7 Å². The van der Waals surface area contributed by atoms with E-state index in [1.54, 1.807) is 26.8 Å². The number of imide groups is 1. The van der Waals surface area contributed by atoms with Crippen molar-refractivity contribution in [2.24, 2.45) is 0 Å². The van der Waals surface area contributed by atoms with E-state index in [0.29, 0.717) is 5.69 Å². The second-order valence-corrected chi connectivity index (χ2v) is 8.12. The summed E-state index contributed by atoms with van der Waals surface area (Å²) >= 11 is 0. The Morgan fingerprint density at radius 3 is 2.43 bits per heavy atom. The summed E-state index contributed by atoms with van der Waals surface area (Å²) in [5.41, 5.74) is 1.16. The number of carbonyl (C=O) groups excluding carboxylic acids is 3. The quantitative estimate of drug-likeness (QED) is 0.732. The van der Waals surface area contributed by atoms with Gasteiger partial charge in [0.05, 0.1) is 5.69 Å². The van der Waals surface area contributed by atoms with Gasteiger partial charge in [-0.2, -0.15) is 0 Å². The van der Waals surface area contributed by atoms with Gasteiger partial charge in [0.25, 0.3) is 5.91 Å². The van der Waals surface area contributed by atoms with Crippen molar-refractivity contribution in [2.45, 2.75) is 51.6 Å². The zero-order chi connectivity index (χ0) is 20.5. The fraction of sp³-hybridized carbons (Fsp3) is 0.348. The molecule has 2 aromatic carbocycles. The number of amides is 2. The first-order chi connectivity index (χ1) is 13.2. The number of carbonyl (C=O) groups is 3. The minimum atomic E-state index is -1.10. The minimum absolute atomic E-state index is 0.205. The third kappa shape index (κ3) is 3.33. The van der Waals surface area contributed by atoms with Crippen LogP contribution in [0, 0.1) is 6.92 Å². The van der Waals surface area contributed by atoms with Gasteiger partial charge in [-0.25, -0.2) is 9.69 Å². The number of anilines is 1. The van der Waals surface area contributed by atoms with Crippen molar-refractivity contribution in [1.82, 2.24) is 0 Å². The molecule has 2 amide bonds. The van der Waals surface area contributed by atoms with E-state index < -0.39 is 17.1 Å². The predicted octanol–water partition coefficient (Wildman–Crippen LogP) is 4.54. The number of rotatable bonds is 4. The van der Waals surface area contributed by atoms with E-state index in [-0.39, 0.29) is 18.7 Å². The van der Waals surface area contributed by atoms with Crippen molar-refractivity contribution >= 4 is 24.0 Å². The highest BCUT2D eigenvalue weighted by Crippen LogP contribution is 2.49. The molecule has 3 rings (SSSR count). The molecule has 0 bridgehead atoms. The molecule has 0 radical (unpaired) electrons. The van der Waals surface area contributed by atoms with Gasteiger partial charge in [-0.05, 0) is 51.3 Å². The maximum atomic E-state index is 13.7. The highest BCUT2D eigenvalue weighted by Gasteiger charge is 2.54. The largest absolute Gasteiger partial charge is 0.443 e. The number of fused-ring (bicyclic) bond motifs is 1. The summed E-state index contributed by atoms with van der Waals surface area (Å²) in [7, 11) is 0. The standard InChI is InChI=1S/C23H25NO4/c1-16-11-12-19-18(15-16)23(13-8-14-25,17-9-6-5-7-10-17)20(26)24(19)21(27)28-22(2,3)4/h5-7,9-12,14-15H,8,13H2,1-4H3/t23-/m0/s1. The van der Waals surface area contributed by atoms with E-state index in [0.717, 1.165) is 27.9 Å². The Bertz CT molecular complexity index is 914. The van der Waals surface area contributed by atoms with Crippen LogP contribution in [0.3, 0.4) is 0 Å². The third-order valence-electron chi connectivity index (χ3n) is 4.90. The summed E-state index contributed by atoms with van der Waals surface area (Å²) < 4.78 is 5.51. The first-order valence-electron chi connectivity index (χ1n) is 9.38. The fourth-order valence-corrected chi connectivity index (χ4v) is 3.75. The van der Waals surface area contributed by atoms with Gasteiger partial charge in [-0.3, -0.25) is 4.79 Å². The zero-order valence-electron chi connectivity index (χ0n) is 16.7. The van der Waals surface area contributed by atoms with E-state index >= 15 is 0 Å². The highest BCUT2D eigenvalue weighted by atomic mass is 16.6. The van der Waals surface area contributed by atoms with E-state index in [4.69, 9.17) is 4.74 Å². The maximum absolute atomic E-state index is 13.7. The van der Waals surface area contributed by atoms with Gasteiger partial charge in [0.2, 0.25) is 0 Å². The average Bonchev–Trinajstić information content (AvgIpc) is 2.87. The van der Waals surface area contributed by atoms with Gasteiger partial charge in [0.1, 0.15) is 17.3 Å². The van der Waals surface area contributed by atoms with Crippen molar-refractivity contribution in [2.75, 3.05) is 4.90 Å². The molecule has 5 heteroatoms. The molecule has 0 N–H and O–H groups in total. The van der Waals surface area contributed by atoms with Crippen LogP contribution in [-0.4, -0.2) is 23.9 Å². The van der Waals surface area contributed by atoms with Crippen molar-refractivity contribution in [3.63, 3.8) is 0 Å². The Balaban J connectivity index is 2.23. The molecule has 1 heterocycles. The predicted molar refractivity (Wildman–Crippen MR) is 107 cm³/mol. The van der Waals surface area contributed by atoms with Crippen LogP contribution in [0.4, 0.5) is 10.5 Å². The number of nitrogens with zero attached hydrogens (tertiary/aromatic N) is 1. The van der Waals surface area contributed by atoms with Crippen LogP contribution in [0.25, 0.3) is 0 Å². The molecule has 28 heavy (non-hydrogen) atoms. The fourth-order valence-electron chi connectivity index (χ4n) is 3.75. The number of aryl methyl sites for hydroxylation is 1. The van der Waals surface area contributed by atoms with Crippen molar-refractivity contribution in [3.05, 3.63) is 65.2 Å². The smallest absolute Gasteiger partial charge is 0.421 e. The first kappa shape index (κ1) is 19.8. The number of benzene rings is 2. The van der Waals surface area contributed by atoms with Crippen molar-refractivity contribution in [3.8, 4) is 0 Å². The molecule has 1 aliphatic rings. The molecule has 5 nitrogen and oxygen atoms in total. The van der Waals surface area contributed by atoms with Crippen LogP contribution < -0.4 is 4.90 Å². The molecule has 1 aliphatic heterocycles. The maximum Gasteiger partial charge on any atom is 0.421 e. The molecular formula is C23H25NO4. The van der Waals surface area contributed by atoms with Gasteiger partial charge in [0.15, 0.2) is 0 Å². The second-order valence-electron chi connectivity index (χ2n) is 8.12. The van der Waals surface area contributed by atoms with Crippen LogP contribution in [0.5, 0.6) is 0 Å². The molecule has 0 saturated heterocycles. The summed E-state index contributed by atoms with van der Waals surface area (Å²) in [5.74, 6) is -0.379. The summed E-state index contributed by atoms with van der Waals surface area (Å²) in [5, 5.41) is 0. The molecule has 146 valence electrons. The van der Waals surface area contributed by atoms with E-state index in [1.807, 2.05) is 49.4 Å². The summed E-state index contributed by atoms with van der Waals surface area (Å²) in [6, 6.07) is 14.9. The van der Waals surface area contributed by atoms with Crippen molar-refractivity contribution < 1.29 is 19.1 Å². The lowest BCUT2D eigenvalue weighted by molar-refractivity contribution is -0.122. The number of aldehydes is 1. The Kier molecular flexibility index (Phi) is 5.11. The van der Waals surface area contributed by atoms with Crippen LogP contribution in [0.2, 0.25) is 0 Å². The van der Waals surface area contributed by atoms with Crippen LogP contribution >= 0.6 is 0 Å². The Morgan fingerprint density at radius 1 is 1.14 bits per heavy atom. The molecule has 0 aromatic heterocycles. The van der Waals surface area contributed by atoms with E-state index in [2.05, 4.69) is 0 Å². The van der Waals surface area contributed by atoms with E-state index in [9.17, 15) is 14.4 Å². The monoisotopic (exact) mass is 379 g/mol. The van der Waals surface area contributed by atoms with Gasteiger partial charge in [-0.15, -0.1) is 0 Å². The molecule has 0 spiro atoms. The molecule has 0 aliphatic carbocycles. The van der Waals surface area contributed by atoms with Gasteiger partial charge < -0.3 is 9.53 Å². The number of hydrogen-bond acceptors (Lipinski definition) is 4. The third-order valence-corrected chi connectivity index (χ3v) is 4.90. The highest BCUT2D eigenvalue weighted by molar-refractivity contribution is 6.22. The Morgan fingerprint density at radius 2 is 1.82 bits per heavy atom. The lowest BCUT2D eigenvalue weighted by Gasteiger charge is -2.29.